The van der Waals surface area contributed by atoms with E-state index in [1.807, 2.05) is 60.7 Å². The van der Waals surface area contributed by atoms with Crippen molar-refractivity contribution in [1.82, 2.24) is 0 Å². The minimum absolute atomic E-state index is 0.207. The first-order valence-corrected chi connectivity index (χ1v) is 42.9. The fourth-order valence-corrected chi connectivity index (χ4v) is 15.0. The van der Waals surface area contributed by atoms with Gasteiger partial charge in [0.25, 0.3) is 0 Å². The molecule has 0 bridgehead atoms. The normalized spacial score (nSPS) is 12.5. The zero-order valence-corrected chi connectivity index (χ0v) is 64.9. The van der Waals surface area contributed by atoms with Crippen LogP contribution in [0.15, 0.2) is 145 Å². The number of nitrogens with zero attached hydrogens (tertiary/aromatic N) is 2. The summed E-state index contributed by atoms with van der Waals surface area (Å²) in [6, 6.07) is 37.2. The molecule has 0 amide bonds. The zero-order valence-electron chi connectivity index (χ0n) is 63.3. The van der Waals surface area contributed by atoms with Gasteiger partial charge in [-0.15, -0.1) is 0 Å². The number of hydrogen-bond acceptors (Lipinski definition) is 2. The average molecular weight is 1420 g/mol. The number of aryl methyl sites for hydroxylation is 2. The quantitative estimate of drug-likeness (QED) is 0.0191. The van der Waals surface area contributed by atoms with Gasteiger partial charge >= 0.3 is 97.8 Å². The Labute approximate surface area is 608 Å². The summed E-state index contributed by atoms with van der Waals surface area (Å²) in [5, 5.41) is 0. The average Bonchev–Trinajstić information content (AvgIpc) is 1.61. The Morgan fingerprint density at radius 3 is 0.845 bits per heavy atom. The van der Waals surface area contributed by atoms with E-state index in [-0.39, 0.29) is 18.7 Å². The van der Waals surface area contributed by atoms with Gasteiger partial charge in [0.15, 0.2) is 0 Å². The molecule has 97 heavy (non-hydrogen) atoms. The van der Waals surface area contributed by atoms with E-state index in [4.69, 9.17) is 6.92 Å². The van der Waals surface area contributed by atoms with Gasteiger partial charge < -0.3 is 5.53 Å². The predicted octanol–water partition coefficient (Wildman–Crippen LogP) is 31.3. The van der Waals surface area contributed by atoms with Crippen LogP contribution >= 0.6 is 0 Å². The van der Waals surface area contributed by atoms with Crippen molar-refractivity contribution in [3.63, 3.8) is 0 Å². The summed E-state index contributed by atoms with van der Waals surface area (Å²) in [4.78, 5) is 0. The molecule has 1 aliphatic heterocycles. The molecule has 0 fully saturated rings. The van der Waals surface area contributed by atoms with Crippen LogP contribution in [0, 0.1) is 0 Å². The van der Waals surface area contributed by atoms with Crippen LogP contribution in [0.25, 0.3) is 16.9 Å². The molecule has 4 aromatic carbocycles. The predicted molar refractivity (Wildman–Crippen MR) is 422 cm³/mol. The molecule has 1 heterocycles. The molecule has 0 aliphatic carbocycles. The number of hydrogen-bond donors (Lipinski definition) is 0. The Kier molecular flexibility index (Phi) is 55.0. The van der Waals surface area contributed by atoms with E-state index >= 15 is 0 Å². The van der Waals surface area contributed by atoms with Crippen LogP contribution in [-0.2, 0) is 31.6 Å². The number of rotatable bonds is 64. The standard InChI is InChI=1S/C80H136N2.2C6H6O.Pd/c1-5-9-12-15-18-20-22-24-26-28-30-32-34-36-38-40-42-44-46-48-50-52-54-56-59-66-73-68-62-64-70-76(73)79-75(8-4)78(72-61-58-17-14-11-7-3)80(82(79)81)77-71-65-63-69-74(77)67-60-57-55-53-51-49-47-45-43-41-39-37-35-33-31-29-27-25-23-21-19-16-13-10-6-2;2*7-6-4-2-1-3-5-6;/h54-57,62-65,68-71H,5-53,58-61,66-67,72H2,1-4H3;2*1-5,7H;/q;;;+2/p-2. The molecule has 0 unspecified atom stereocenters. The first-order chi connectivity index (χ1) is 48.1. The number of para-hydroxylation sites is 2. The summed E-state index contributed by atoms with van der Waals surface area (Å²) in [7, 11) is 0. The summed E-state index contributed by atoms with van der Waals surface area (Å²) in [5.41, 5.74) is 22.5. The van der Waals surface area contributed by atoms with Crippen molar-refractivity contribution in [2.45, 2.75) is 387 Å². The monoisotopic (exact) mass is 1420 g/mol. The van der Waals surface area contributed by atoms with Gasteiger partial charge in [0.1, 0.15) is 0 Å². The Bertz CT molecular complexity index is 2540. The van der Waals surface area contributed by atoms with Gasteiger partial charge in [-0.05, 0) is 93.9 Å². The van der Waals surface area contributed by atoms with E-state index in [1.54, 1.807) is 4.70 Å². The summed E-state index contributed by atoms with van der Waals surface area (Å²) in [5.74, 6) is 1.67. The van der Waals surface area contributed by atoms with Crippen molar-refractivity contribution in [3.8, 4) is 11.5 Å². The maximum atomic E-state index is 12.6. The maximum absolute atomic E-state index is 12.6. The van der Waals surface area contributed by atoms with E-state index in [0.717, 1.165) is 61.4 Å². The van der Waals surface area contributed by atoms with Crippen LogP contribution in [0.2, 0.25) is 0 Å². The van der Waals surface area contributed by atoms with Gasteiger partial charge in [-0.25, -0.2) is 4.70 Å². The molecule has 4 aromatic rings. The second kappa shape index (κ2) is 62.7. The summed E-state index contributed by atoms with van der Waals surface area (Å²) in [6.45, 7) is 9.23. The summed E-state index contributed by atoms with van der Waals surface area (Å²) < 4.78 is 12.5. The zero-order chi connectivity index (χ0) is 68.6. The summed E-state index contributed by atoms with van der Waals surface area (Å²) >= 11 is -0.207. The SMILES string of the molecule is CCCCCCCCCCCCCCCCCCCCCCCC=CCCc1ccccc1C1=C(CC)C(CCCCCCCC)=C(c2ccccc2CCC=CCCCCCCCCCCCCCCCCCCCCCCC)[N+]1=[N-].c1ccc([O][Pd][O]c2ccccc2)cc1. The van der Waals surface area contributed by atoms with Gasteiger partial charge in [0.2, 0.25) is 11.4 Å². The third-order valence-corrected chi connectivity index (χ3v) is 21.2. The van der Waals surface area contributed by atoms with Gasteiger partial charge in [-0.1, -0.05) is 377 Å². The van der Waals surface area contributed by atoms with Crippen LogP contribution in [0.3, 0.4) is 0 Å². The number of benzene rings is 4. The number of unbranched alkanes of at least 4 members (excludes halogenated alkanes) is 47. The fraction of sp³-hybridized carbons (Fsp3) is 0.652. The Morgan fingerprint density at radius 2 is 0.536 bits per heavy atom. The van der Waals surface area contributed by atoms with Crippen molar-refractivity contribution in [2.24, 2.45) is 0 Å². The molecule has 0 atom stereocenters. The molecule has 5 heteroatoms. The molecule has 0 saturated heterocycles. The van der Waals surface area contributed by atoms with E-state index in [0.29, 0.717) is 0 Å². The third kappa shape index (κ3) is 42.5. The molecular formula is C92H146N2O2Pd. The Morgan fingerprint density at radius 1 is 0.278 bits per heavy atom. The first kappa shape index (κ1) is 85.1. The van der Waals surface area contributed by atoms with Crippen LogP contribution < -0.4 is 6.92 Å². The fourth-order valence-electron chi connectivity index (χ4n) is 14.2. The van der Waals surface area contributed by atoms with Crippen molar-refractivity contribution in [3.05, 3.63) is 172 Å². The molecule has 0 N–H and O–H groups in total. The first-order valence-electron chi connectivity index (χ1n) is 41.6. The molecule has 5 rings (SSSR count). The Hall–Kier alpha value is -4.30. The van der Waals surface area contributed by atoms with Crippen LogP contribution in [0.4, 0.5) is 0 Å². The molecule has 0 spiro atoms. The van der Waals surface area contributed by atoms with E-state index in [9.17, 15) is 5.53 Å². The van der Waals surface area contributed by atoms with E-state index in [2.05, 4.69) is 101 Å². The van der Waals surface area contributed by atoms with Crippen LogP contribution in [-0.4, -0.2) is 4.70 Å². The molecule has 0 radical (unpaired) electrons. The van der Waals surface area contributed by atoms with Crippen molar-refractivity contribution < 1.29 is 30.3 Å². The minimum atomic E-state index is -0.207. The van der Waals surface area contributed by atoms with Gasteiger partial charge in [0, 0.05) is 22.3 Å². The van der Waals surface area contributed by atoms with Gasteiger partial charge in [-0.2, -0.15) is 0 Å². The van der Waals surface area contributed by atoms with Crippen LogP contribution in [0.5, 0.6) is 11.5 Å². The molecule has 0 saturated carbocycles. The van der Waals surface area contributed by atoms with Crippen molar-refractivity contribution >= 4 is 11.4 Å². The summed E-state index contributed by atoms with van der Waals surface area (Å²) in [6.07, 6.45) is 86.1. The molecular weight excluding hydrogens is 1270 g/mol. The topological polar surface area (TPSA) is 43.8 Å². The number of allylic oxidation sites excluding steroid dienone is 6. The molecule has 1 aliphatic rings. The van der Waals surface area contributed by atoms with E-state index < -0.39 is 0 Å². The molecule has 4 nitrogen and oxygen atoms in total. The van der Waals surface area contributed by atoms with Crippen molar-refractivity contribution in [1.29, 1.82) is 0 Å². The van der Waals surface area contributed by atoms with Gasteiger partial charge in [-0.3, -0.25) is 0 Å². The molecule has 546 valence electrons. The second-order valence-corrected chi connectivity index (χ2v) is 29.6. The molecule has 0 aromatic heterocycles. The van der Waals surface area contributed by atoms with Crippen LogP contribution in [0.1, 0.15) is 397 Å². The van der Waals surface area contributed by atoms with Gasteiger partial charge in [0.05, 0.1) is 0 Å². The van der Waals surface area contributed by atoms with E-state index in [1.165, 1.54) is 354 Å². The third-order valence-electron chi connectivity index (χ3n) is 20.2. The van der Waals surface area contributed by atoms with Crippen molar-refractivity contribution in [2.75, 3.05) is 0 Å². The Balaban J connectivity index is 0.00000116. The second-order valence-electron chi connectivity index (χ2n) is 28.7.